The smallest absolute Gasteiger partial charge is 0.321 e. The van der Waals surface area contributed by atoms with Crippen LogP contribution in [0.3, 0.4) is 0 Å². The second-order valence-corrected chi connectivity index (χ2v) is 4.04. The summed E-state index contributed by atoms with van der Waals surface area (Å²) in [5.74, 6) is 0.832. The van der Waals surface area contributed by atoms with Crippen LogP contribution in [0.25, 0.3) is 0 Å². The molecule has 0 saturated carbocycles. The van der Waals surface area contributed by atoms with Crippen molar-refractivity contribution in [2.45, 2.75) is 20.0 Å². The number of nitrogens with one attached hydrogen (secondary N) is 1. The third kappa shape index (κ3) is 2.27. The van der Waals surface area contributed by atoms with Gasteiger partial charge in [-0.3, -0.25) is 4.90 Å². The van der Waals surface area contributed by atoms with Gasteiger partial charge >= 0.3 is 6.03 Å². The zero-order valence-electron chi connectivity index (χ0n) is 9.56. The van der Waals surface area contributed by atoms with Crippen LogP contribution >= 0.6 is 0 Å². The van der Waals surface area contributed by atoms with Gasteiger partial charge in [0.25, 0.3) is 0 Å². The summed E-state index contributed by atoms with van der Waals surface area (Å²) in [4.78, 5) is 13.1. The van der Waals surface area contributed by atoms with Crippen LogP contribution in [-0.2, 0) is 0 Å². The van der Waals surface area contributed by atoms with Crippen LogP contribution in [0.1, 0.15) is 13.8 Å². The number of hydrogen-bond acceptors (Lipinski definition) is 2. The highest BCUT2D eigenvalue weighted by atomic mass is 16.5. The Labute approximate surface area is 95.2 Å². The number of carbonyl (C=O) groups is 1. The molecule has 0 spiro atoms. The normalized spacial score (nSPS) is 15.4. The second-order valence-electron chi connectivity index (χ2n) is 4.04. The van der Waals surface area contributed by atoms with Crippen LogP contribution in [0.4, 0.5) is 10.5 Å². The highest BCUT2D eigenvalue weighted by Gasteiger charge is 2.20. The minimum Gasteiger partial charge on any atom is -0.491 e. The number of rotatable bonds is 3. The van der Waals surface area contributed by atoms with E-state index in [0.29, 0.717) is 6.54 Å². The van der Waals surface area contributed by atoms with Crippen LogP contribution < -0.4 is 15.0 Å². The number of carbonyl (C=O) groups excluding carboxylic acids is 1. The van der Waals surface area contributed by atoms with Gasteiger partial charge in [0, 0.05) is 18.8 Å². The van der Waals surface area contributed by atoms with Gasteiger partial charge in [-0.1, -0.05) is 0 Å². The number of anilines is 1. The molecule has 0 atom stereocenters. The van der Waals surface area contributed by atoms with Gasteiger partial charge in [0.1, 0.15) is 5.75 Å². The zero-order chi connectivity index (χ0) is 11.5. The number of benzene rings is 1. The van der Waals surface area contributed by atoms with Crippen molar-refractivity contribution in [3.63, 3.8) is 0 Å². The molecule has 0 bridgehead atoms. The zero-order valence-corrected chi connectivity index (χ0v) is 9.56. The summed E-state index contributed by atoms with van der Waals surface area (Å²) in [5.41, 5.74) is 0.908. The molecule has 2 amide bonds. The van der Waals surface area contributed by atoms with Gasteiger partial charge < -0.3 is 10.1 Å². The van der Waals surface area contributed by atoms with E-state index in [0.717, 1.165) is 18.0 Å². The van der Waals surface area contributed by atoms with E-state index < -0.39 is 0 Å². The van der Waals surface area contributed by atoms with Gasteiger partial charge in [-0.2, -0.15) is 0 Å². The summed E-state index contributed by atoms with van der Waals surface area (Å²) < 4.78 is 5.54. The maximum atomic E-state index is 11.4. The highest BCUT2D eigenvalue weighted by Crippen LogP contribution is 2.21. The van der Waals surface area contributed by atoms with Crippen molar-refractivity contribution in [2.75, 3.05) is 18.0 Å². The maximum absolute atomic E-state index is 11.4. The minimum atomic E-state index is -0.0301. The Morgan fingerprint density at radius 3 is 2.50 bits per heavy atom. The van der Waals surface area contributed by atoms with E-state index in [2.05, 4.69) is 5.32 Å². The van der Waals surface area contributed by atoms with E-state index in [1.54, 1.807) is 4.90 Å². The van der Waals surface area contributed by atoms with E-state index in [1.165, 1.54) is 0 Å². The molecule has 1 aromatic rings. The van der Waals surface area contributed by atoms with Crippen molar-refractivity contribution in [1.29, 1.82) is 0 Å². The molecule has 0 unspecified atom stereocenters. The Bertz CT molecular complexity index is 373. The van der Waals surface area contributed by atoms with Crippen molar-refractivity contribution in [2.24, 2.45) is 0 Å². The maximum Gasteiger partial charge on any atom is 0.321 e. The number of urea groups is 1. The van der Waals surface area contributed by atoms with Crippen molar-refractivity contribution in [1.82, 2.24) is 5.32 Å². The average molecular weight is 220 g/mol. The molecular weight excluding hydrogens is 204 g/mol. The van der Waals surface area contributed by atoms with Crippen molar-refractivity contribution in [3.8, 4) is 5.75 Å². The number of amides is 2. The first kappa shape index (κ1) is 10.8. The van der Waals surface area contributed by atoms with E-state index in [9.17, 15) is 4.79 Å². The molecule has 1 aliphatic heterocycles. The molecule has 1 aliphatic rings. The lowest BCUT2D eigenvalue weighted by molar-refractivity contribution is 0.242. The van der Waals surface area contributed by atoms with Gasteiger partial charge in [-0.05, 0) is 38.1 Å². The Morgan fingerprint density at radius 2 is 2.00 bits per heavy atom. The van der Waals surface area contributed by atoms with E-state index in [1.807, 2.05) is 38.1 Å². The standard InChI is InChI=1S/C12H16N2O2/c1-9(2)16-11-5-3-10(4-6-11)14-8-7-13-12(14)15/h3-6,9H,7-8H2,1-2H3,(H,13,15). The predicted molar refractivity (Wildman–Crippen MR) is 63.0 cm³/mol. The third-order valence-electron chi connectivity index (χ3n) is 2.38. The van der Waals surface area contributed by atoms with Gasteiger partial charge in [0.2, 0.25) is 0 Å². The van der Waals surface area contributed by atoms with Crippen LogP contribution in [0, 0.1) is 0 Å². The minimum absolute atomic E-state index is 0.0301. The Hall–Kier alpha value is -1.71. The van der Waals surface area contributed by atoms with Crippen LogP contribution in [0.15, 0.2) is 24.3 Å². The van der Waals surface area contributed by atoms with Crippen molar-refractivity contribution in [3.05, 3.63) is 24.3 Å². The molecule has 4 heteroatoms. The fourth-order valence-corrected chi connectivity index (χ4v) is 1.69. The summed E-state index contributed by atoms with van der Waals surface area (Å²) in [5, 5.41) is 2.77. The summed E-state index contributed by atoms with van der Waals surface area (Å²) in [7, 11) is 0. The summed E-state index contributed by atoms with van der Waals surface area (Å²) in [6.07, 6.45) is 0.168. The Balaban J connectivity index is 2.09. The quantitative estimate of drug-likeness (QED) is 0.846. The van der Waals surface area contributed by atoms with E-state index in [-0.39, 0.29) is 12.1 Å². The lowest BCUT2D eigenvalue weighted by Gasteiger charge is -2.15. The lowest BCUT2D eigenvalue weighted by Crippen LogP contribution is -2.27. The van der Waals surface area contributed by atoms with Gasteiger partial charge in [-0.25, -0.2) is 4.79 Å². The van der Waals surface area contributed by atoms with Crippen LogP contribution in [0.2, 0.25) is 0 Å². The second kappa shape index (κ2) is 4.43. The number of hydrogen-bond donors (Lipinski definition) is 1. The summed E-state index contributed by atoms with van der Waals surface area (Å²) in [6.45, 7) is 5.41. The largest absolute Gasteiger partial charge is 0.491 e. The molecule has 1 fully saturated rings. The molecule has 86 valence electrons. The monoisotopic (exact) mass is 220 g/mol. The molecule has 1 heterocycles. The predicted octanol–water partition coefficient (Wildman–Crippen LogP) is 2.00. The Kier molecular flexibility index (Phi) is 2.99. The lowest BCUT2D eigenvalue weighted by atomic mass is 10.3. The molecular formula is C12H16N2O2. The molecule has 0 radical (unpaired) electrons. The molecule has 2 rings (SSSR count). The van der Waals surface area contributed by atoms with Crippen LogP contribution in [-0.4, -0.2) is 25.2 Å². The van der Waals surface area contributed by atoms with Gasteiger partial charge in [0.15, 0.2) is 0 Å². The Morgan fingerprint density at radius 1 is 1.31 bits per heavy atom. The third-order valence-corrected chi connectivity index (χ3v) is 2.38. The SMILES string of the molecule is CC(C)Oc1ccc(N2CCNC2=O)cc1. The number of nitrogens with zero attached hydrogens (tertiary/aromatic N) is 1. The van der Waals surface area contributed by atoms with Crippen LogP contribution in [0.5, 0.6) is 5.75 Å². The van der Waals surface area contributed by atoms with E-state index in [4.69, 9.17) is 4.74 Å². The summed E-state index contributed by atoms with van der Waals surface area (Å²) >= 11 is 0. The number of ether oxygens (including phenoxy) is 1. The average Bonchev–Trinajstić information content (AvgIpc) is 2.65. The first-order chi connectivity index (χ1) is 7.66. The molecule has 0 aromatic heterocycles. The molecule has 1 saturated heterocycles. The van der Waals surface area contributed by atoms with Gasteiger partial charge in [0.05, 0.1) is 6.10 Å². The topological polar surface area (TPSA) is 41.6 Å². The molecule has 1 aromatic carbocycles. The van der Waals surface area contributed by atoms with Crippen molar-refractivity contribution >= 4 is 11.7 Å². The first-order valence-electron chi connectivity index (χ1n) is 5.49. The molecule has 4 nitrogen and oxygen atoms in total. The molecule has 1 N–H and O–H groups in total. The summed E-state index contributed by atoms with van der Waals surface area (Å²) in [6, 6.07) is 7.56. The highest BCUT2D eigenvalue weighted by molar-refractivity contribution is 5.94. The van der Waals surface area contributed by atoms with E-state index >= 15 is 0 Å². The van der Waals surface area contributed by atoms with Gasteiger partial charge in [-0.15, -0.1) is 0 Å². The fraction of sp³-hybridized carbons (Fsp3) is 0.417. The van der Waals surface area contributed by atoms with Crippen molar-refractivity contribution < 1.29 is 9.53 Å². The fourth-order valence-electron chi connectivity index (χ4n) is 1.69. The first-order valence-corrected chi connectivity index (χ1v) is 5.49. The molecule has 16 heavy (non-hydrogen) atoms. The molecule has 0 aliphatic carbocycles.